The smallest absolute Gasteiger partial charge is 0.00104 e. The zero-order valence-electron chi connectivity index (χ0n) is 12.8. The Morgan fingerprint density at radius 3 is 1.83 bits per heavy atom. The third kappa shape index (κ3) is 7.41. The average Bonchev–Trinajstić information content (AvgIpc) is 2.35. The Hall–Kier alpha value is -0.0400. The van der Waals surface area contributed by atoms with Crippen LogP contribution in [0.15, 0.2) is 0 Å². The van der Waals surface area contributed by atoms with Crippen LogP contribution in [-0.2, 0) is 0 Å². The lowest BCUT2D eigenvalue weighted by Crippen LogP contribution is -2.17. The van der Waals surface area contributed by atoms with E-state index in [2.05, 4.69) is 13.8 Å². The largest absolute Gasteiger partial charge is 0.328 e. The molecular formula is C17H35N. The van der Waals surface area contributed by atoms with E-state index in [0.29, 0.717) is 6.04 Å². The van der Waals surface area contributed by atoms with E-state index >= 15 is 0 Å². The fraction of sp³-hybridized carbons (Fsp3) is 1.00. The van der Waals surface area contributed by atoms with Crippen LogP contribution >= 0.6 is 0 Å². The molecule has 108 valence electrons. The van der Waals surface area contributed by atoms with Gasteiger partial charge in [-0.2, -0.15) is 0 Å². The second kappa shape index (κ2) is 9.83. The lowest BCUT2D eigenvalue weighted by Gasteiger charge is -2.25. The summed E-state index contributed by atoms with van der Waals surface area (Å²) in [4.78, 5) is 0. The topological polar surface area (TPSA) is 26.0 Å². The second-order valence-corrected chi connectivity index (χ2v) is 6.70. The van der Waals surface area contributed by atoms with Crippen LogP contribution in [-0.4, -0.2) is 6.04 Å². The molecule has 0 spiro atoms. The van der Waals surface area contributed by atoms with Crippen LogP contribution in [0.3, 0.4) is 0 Å². The Labute approximate surface area is 115 Å². The van der Waals surface area contributed by atoms with Crippen molar-refractivity contribution in [2.24, 2.45) is 17.6 Å². The van der Waals surface area contributed by atoms with Crippen molar-refractivity contribution in [3.8, 4) is 0 Å². The first-order valence-electron chi connectivity index (χ1n) is 8.45. The van der Waals surface area contributed by atoms with Gasteiger partial charge in [-0.25, -0.2) is 0 Å². The highest BCUT2D eigenvalue weighted by molar-refractivity contribution is 4.69. The van der Waals surface area contributed by atoms with Gasteiger partial charge in [0.05, 0.1) is 0 Å². The molecule has 1 aliphatic rings. The average molecular weight is 253 g/mol. The number of hydrogen-bond acceptors (Lipinski definition) is 1. The van der Waals surface area contributed by atoms with Gasteiger partial charge in [-0.05, 0) is 25.2 Å². The van der Waals surface area contributed by atoms with Crippen LogP contribution < -0.4 is 5.73 Å². The molecule has 1 heteroatoms. The molecule has 1 aliphatic carbocycles. The summed E-state index contributed by atoms with van der Waals surface area (Å²) in [5.41, 5.74) is 5.84. The van der Waals surface area contributed by atoms with Gasteiger partial charge < -0.3 is 5.73 Å². The third-order valence-corrected chi connectivity index (χ3v) is 4.77. The first-order valence-corrected chi connectivity index (χ1v) is 8.45. The maximum atomic E-state index is 5.84. The molecule has 0 saturated heterocycles. The summed E-state index contributed by atoms with van der Waals surface area (Å²) in [5, 5.41) is 0. The molecule has 1 fully saturated rings. The molecule has 1 nitrogen and oxygen atoms in total. The van der Waals surface area contributed by atoms with Crippen molar-refractivity contribution < 1.29 is 0 Å². The zero-order valence-corrected chi connectivity index (χ0v) is 12.8. The summed E-state index contributed by atoms with van der Waals surface area (Å²) in [7, 11) is 0. The van der Waals surface area contributed by atoms with E-state index in [1.807, 2.05) is 0 Å². The van der Waals surface area contributed by atoms with Gasteiger partial charge in [-0.1, -0.05) is 77.6 Å². The summed E-state index contributed by atoms with van der Waals surface area (Å²) in [6.07, 6.45) is 17.2. The Morgan fingerprint density at radius 1 is 0.833 bits per heavy atom. The Bertz CT molecular complexity index is 178. The highest BCUT2D eigenvalue weighted by Crippen LogP contribution is 2.30. The van der Waals surface area contributed by atoms with Crippen molar-refractivity contribution in [2.75, 3.05) is 0 Å². The number of hydrogen-bond donors (Lipinski definition) is 1. The van der Waals surface area contributed by atoms with Crippen molar-refractivity contribution in [2.45, 2.75) is 96.9 Å². The molecule has 0 radical (unpaired) electrons. The van der Waals surface area contributed by atoms with Gasteiger partial charge in [0.2, 0.25) is 0 Å². The molecule has 2 unspecified atom stereocenters. The molecule has 0 bridgehead atoms. The molecule has 2 atom stereocenters. The predicted octanol–water partition coefficient (Wildman–Crippen LogP) is 5.28. The molecule has 18 heavy (non-hydrogen) atoms. The van der Waals surface area contributed by atoms with E-state index in [-0.39, 0.29) is 0 Å². The zero-order chi connectivity index (χ0) is 13.2. The molecule has 0 aliphatic heterocycles. The number of rotatable bonds is 5. The van der Waals surface area contributed by atoms with Gasteiger partial charge in [-0.3, -0.25) is 0 Å². The highest BCUT2D eigenvalue weighted by Gasteiger charge is 2.17. The normalized spacial score (nSPS) is 23.5. The summed E-state index contributed by atoms with van der Waals surface area (Å²) in [6.45, 7) is 4.62. The molecular weight excluding hydrogens is 218 g/mol. The molecule has 0 aromatic carbocycles. The van der Waals surface area contributed by atoms with Gasteiger partial charge in [-0.15, -0.1) is 0 Å². The van der Waals surface area contributed by atoms with Crippen LogP contribution in [0.25, 0.3) is 0 Å². The molecule has 0 amide bonds. The van der Waals surface area contributed by atoms with E-state index in [1.165, 1.54) is 77.0 Å². The third-order valence-electron chi connectivity index (χ3n) is 4.77. The molecule has 0 heterocycles. The summed E-state index contributed by atoms with van der Waals surface area (Å²) < 4.78 is 0. The van der Waals surface area contributed by atoms with Crippen molar-refractivity contribution in [3.05, 3.63) is 0 Å². The Balaban J connectivity index is 2.25. The first-order chi connectivity index (χ1) is 8.70. The van der Waals surface area contributed by atoms with Gasteiger partial charge in [0.15, 0.2) is 0 Å². The van der Waals surface area contributed by atoms with Crippen molar-refractivity contribution in [1.82, 2.24) is 0 Å². The maximum absolute atomic E-state index is 5.84. The van der Waals surface area contributed by atoms with Crippen molar-refractivity contribution in [1.29, 1.82) is 0 Å². The fourth-order valence-electron chi connectivity index (χ4n) is 3.41. The minimum absolute atomic E-state index is 0.390. The summed E-state index contributed by atoms with van der Waals surface area (Å²) >= 11 is 0. The Kier molecular flexibility index (Phi) is 8.75. The van der Waals surface area contributed by atoms with E-state index in [1.54, 1.807) is 0 Å². The van der Waals surface area contributed by atoms with E-state index in [9.17, 15) is 0 Å². The van der Waals surface area contributed by atoms with Gasteiger partial charge in [0.1, 0.15) is 0 Å². The van der Waals surface area contributed by atoms with Crippen molar-refractivity contribution >= 4 is 0 Å². The minimum atomic E-state index is 0.390. The first kappa shape index (κ1) is 16.0. The van der Waals surface area contributed by atoms with Crippen LogP contribution in [0.1, 0.15) is 90.9 Å². The van der Waals surface area contributed by atoms with E-state index in [4.69, 9.17) is 5.73 Å². The van der Waals surface area contributed by atoms with Gasteiger partial charge >= 0.3 is 0 Å². The molecule has 2 N–H and O–H groups in total. The maximum Gasteiger partial charge on any atom is 0.00104 e. The van der Waals surface area contributed by atoms with E-state index < -0.39 is 0 Å². The summed E-state index contributed by atoms with van der Waals surface area (Å²) in [6, 6.07) is 0.390. The van der Waals surface area contributed by atoms with Crippen molar-refractivity contribution in [3.63, 3.8) is 0 Å². The number of nitrogens with two attached hydrogens (primary N) is 1. The Morgan fingerprint density at radius 2 is 1.33 bits per heavy atom. The lowest BCUT2D eigenvalue weighted by atomic mass is 9.81. The van der Waals surface area contributed by atoms with Crippen LogP contribution in [0.5, 0.6) is 0 Å². The minimum Gasteiger partial charge on any atom is -0.328 e. The highest BCUT2D eigenvalue weighted by atomic mass is 14.6. The van der Waals surface area contributed by atoms with Gasteiger partial charge in [0.25, 0.3) is 0 Å². The van der Waals surface area contributed by atoms with Crippen LogP contribution in [0.4, 0.5) is 0 Å². The van der Waals surface area contributed by atoms with Crippen LogP contribution in [0, 0.1) is 11.8 Å². The standard InChI is InChI=1S/C17H35N/c1-15(11-10-12-16(2)18)17-13-8-6-4-3-5-7-9-14-17/h15-17H,3-14,18H2,1-2H3. The lowest BCUT2D eigenvalue weighted by molar-refractivity contribution is 0.269. The molecule has 1 saturated carbocycles. The molecule has 0 aromatic rings. The molecule has 0 aromatic heterocycles. The van der Waals surface area contributed by atoms with E-state index in [0.717, 1.165) is 11.8 Å². The second-order valence-electron chi connectivity index (χ2n) is 6.70. The molecule has 1 rings (SSSR count). The monoisotopic (exact) mass is 253 g/mol. The quantitative estimate of drug-likeness (QED) is 0.708. The fourth-order valence-corrected chi connectivity index (χ4v) is 3.41. The summed E-state index contributed by atoms with van der Waals surface area (Å²) in [5.74, 6) is 1.92. The predicted molar refractivity (Wildman–Crippen MR) is 81.7 cm³/mol. The SMILES string of the molecule is CC(N)CCCC(C)C1CCCCCCCCC1. The van der Waals surface area contributed by atoms with Gasteiger partial charge in [0, 0.05) is 6.04 Å². The van der Waals surface area contributed by atoms with Crippen LogP contribution in [0.2, 0.25) is 0 Å².